The molecule has 2 aromatic carbocycles. The molecule has 0 unspecified atom stereocenters. The highest BCUT2D eigenvalue weighted by Crippen LogP contribution is 2.22. The molecule has 1 aliphatic heterocycles. The highest BCUT2D eigenvalue weighted by molar-refractivity contribution is 7.15. The number of hydrogen-bond donors (Lipinski definition) is 2. The van der Waals surface area contributed by atoms with Crippen molar-refractivity contribution in [3.8, 4) is 5.75 Å². The van der Waals surface area contributed by atoms with Crippen molar-refractivity contribution in [3.63, 3.8) is 0 Å². The number of piperidine rings is 1. The molecule has 0 spiro atoms. The second-order valence-electron chi connectivity index (χ2n) is 8.01. The first-order chi connectivity index (χ1) is 16.9. The summed E-state index contributed by atoms with van der Waals surface area (Å²) in [6, 6.07) is 12.9. The van der Waals surface area contributed by atoms with E-state index >= 15 is 0 Å². The number of nitrogens with zero attached hydrogens (tertiary/aromatic N) is 3. The number of anilines is 1. The molecule has 182 valence electrons. The van der Waals surface area contributed by atoms with Crippen LogP contribution in [0.5, 0.6) is 5.75 Å². The molecular formula is C24H24FN5O4S. The van der Waals surface area contributed by atoms with Crippen LogP contribution in [0.15, 0.2) is 48.5 Å². The maximum Gasteiger partial charge on any atom is 0.286 e. The molecular weight excluding hydrogens is 473 g/mol. The number of rotatable bonds is 7. The number of carbonyl (C=O) groups excluding carboxylic acids is 3. The van der Waals surface area contributed by atoms with Crippen LogP contribution in [-0.2, 0) is 11.3 Å². The zero-order valence-electron chi connectivity index (χ0n) is 19.0. The van der Waals surface area contributed by atoms with Gasteiger partial charge in [0, 0.05) is 31.2 Å². The maximum atomic E-state index is 13.3. The Morgan fingerprint density at radius 2 is 1.80 bits per heavy atom. The van der Waals surface area contributed by atoms with E-state index in [4.69, 9.17) is 4.74 Å². The molecule has 4 rings (SSSR count). The van der Waals surface area contributed by atoms with E-state index in [1.165, 1.54) is 12.1 Å². The first-order valence-electron chi connectivity index (χ1n) is 11.0. The molecule has 1 aromatic heterocycles. The minimum absolute atomic E-state index is 0.0794. The Balaban J connectivity index is 1.26. The molecule has 0 bridgehead atoms. The number of amides is 3. The van der Waals surface area contributed by atoms with Crippen LogP contribution in [0.2, 0.25) is 0 Å². The standard InChI is InChI=1S/C24H24FN5O4S/c1-34-19-7-5-18(6-8-19)27-21(32)22-28-29-23(35-22)24(33)30-11-9-16(10-12-30)20(31)26-14-15-3-2-4-17(25)13-15/h2-8,13,16H,9-12,14H2,1H3,(H,26,31)(H,27,32). The molecule has 3 amide bonds. The topological polar surface area (TPSA) is 114 Å². The van der Waals surface area contributed by atoms with Gasteiger partial charge in [0.25, 0.3) is 11.8 Å². The lowest BCUT2D eigenvalue weighted by Crippen LogP contribution is -2.42. The highest BCUT2D eigenvalue weighted by Gasteiger charge is 2.29. The van der Waals surface area contributed by atoms with Gasteiger partial charge >= 0.3 is 0 Å². The average Bonchev–Trinajstić information content (AvgIpc) is 3.38. The summed E-state index contributed by atoms with van der Waals surface area (Å²) in [5.41, 5.74) is 1.26. The van der Waals surface area contributed by atoms with Crippen molar-refractivity contribution in [3.05, 3.63) is 69.9 Å². The molecule has 0 radical (unpaired) electrons. The normalized spacial score (nSPS) is 13.8. The number of nitrogens with one attached hydrogen (secondary N) is 2. The Kier molecular flexibility index (Phi) is 7.66. The third-order valence-corrected chi connectivity index (χ3v) is 6.57. The van der Waals surface area contributed by atoms with Crippen LogP contribution in [0.3, 0.4) is 0 Å². The van der Waals surface area contributed by atoms with Gasteiger partial charge in [-0.1, -0.05) is 23.5 Å². The lowest BCUT2D eigenvalue weighted by molar-refractivity contribution is -0.126. The van der Waals surface area contributed by atoms with Gasteiger partial charge < -0.3 is 20.3 Å². The van der Waals surface area contributed by atoms with Crippen LogP contribution in [0, 0.1) is 11.7 Å². The quantitative estimate of drug-likeness (QED) is 0.519. The Labute approximate surface area is 205 Å². The van der Waals surface area contributed by atoms with E-state index in [1.807, 2.05) is 0 Å². The van der Waals surface area contributed by atoms with E-state index in [2.05, 4.69) is 20.8 Å². The van der Waals surface area contributed by atoms with Gasteiger partial charge in [-0.05, 0) is 54.8 Å². The van der Waals surface area contributed by atoms with Gasteiger partial charge in [-0.3, -0.25) is 14.4 Å². The number of methoxy groups -OCH3 is 1. The number of ether oxygens (including phenoxy) is 1. The van der Waals surface area contributed by atoms with E-state index in [1.54, 1.807) is 48.4 Å². The molecule has 1 saturated heterocycles. The van der Waals surface area contributed by atoms with E-state index < -0.39 is 5.91 Å². The van der Waals surface area contributed by atoms with Gasteiger partial charge in [-0.2, -0.15) is 0 Å². The van der Waals surface area contributed by atoms with Crippen molar-refractivity contribution >= 4 is 34.7 Å². The van der Waals surface area contributed by atoms with Crippen LogP contribution < -0.4 is 15.4 Å². The summed E-state index contributed by atoms with van der Waals surface area (Å²) in [5.74, 6) is -0.797. The summed E-state index contributed by atoms with van der Waals surface area (Å²) in [7, 11) is 1.56. The molecule has 0 atom stereocenters. The molecule has 1 fully saturated rings. The molecule has 1 aliphatic rings. The SMILES string of the molecule is COc1ccc(NC(=O)c2nnc(C(=O)N3CCC(C(=O)NCc4cccc(F)c4)CC3)s2)cc1. The number of halogens is 1. The number of likely N-dealkylation sites (tertiary alicyclic amines) is 1. The summed E-state index contributed by atoms with van der Waals surface area (Å²) in [4.78, 5) is 39.4. The smallest absolute Gasteiger partial charge is 0.286 e. The number of hydrogen-bond acceptors (Lipinski definition) is 7. The second kappa shape index (κ2) is 11.0. The number of aromatic nitrogens is 2. The Morgan fingerprint density at radius 1 is 1.09 bits per heavy atom. The predicted molar refractivity (Wildman–Crippen MR) is 128 cm³/mol. The van der Waals surface area contributed by atoms with Crippen molar-refractivity contribution in [2.75, 3.05) is 25.5 Å². The van der Waals surface area contributed by atoms with Gasteiger partial charge in [0.05, 0.1) is 7.11 Å². The molecule has 11 heteroatoms. The molecule has 2 N–H and O–H groups in total. The fraction of sp³-hybridized carbons (Fsp3) is 0.292. The number of benzene rings is 2. The van der Waals surface area contributed by atoms with Gasteiger partial charge in [0.15, 0.2) is 0 Å². The van der Waals surface area contributed by atoms with Gasteiger partial charge in [-0.25, -0.2) is 4.39 Å². The Morgan fingerprint density at radius 3 is 2.49 bits per heavy atom. The molecule has 2 heterocycles. The van der Waals surface area contributed by atoms with Crippen LogP contribution in [-0.4, -0.2) is 53.0 Å². The molecule has 9 nitrogen and oxygen atoms in total. The summed E-state index contributed by atoms with van der Waals surface area (Å²) in [6.07, 6.45) is 1.01. The predicted octanol–water partition coefficient (Wildman–Crippen LogP) is 3.11. The van der Waals surface area contributed by atoms with Crippen LogP contribution in [0.25, 0.3) is 0 Å². The zero-order chi connectivity index (χ0) is 24.8. The third kappa shape index (κ3) is 6.18. The average molecular weight is 498 g/mol. The molecule has 3 aromatic rings. The first-order valence-corrected chi connectivity index (χ1v) is 11.8. The first kappa shape index (κ1) is 24.3. The van der Waals surface area contributed by atoms with Crippen molar-refractivity contribution in [1.82, 2.24) is 20.4 Å². The minimum Gasteiger partial charge on any atom is -0.497 e. The van der Waals surface area contributed by atoms with Crippen molar-refractivity contribution in [2.24, 2.45) is 5.92 Å². The van der Waals surface area contributed by atoms with Gasteiger partial charge in [0.2, 0.25) is 15.9 Å². The van der Waals surface area contributed by atoms with Gasteiger partial charge in [-0.15, -0.1) is 10.2 Å². The van der Waals surface area contributed by atoms with E-state index in [0.717, 1.165) is 11.3 Å². The van der Waals surface area contributed by atoms with Crippen molar-refractivity contribution in [2.45, 2.75) is 19.4 Å². The Hall–Kier alpha value is -3.86. The van der Waals surface area contributed by atoms with Crippen molar-refractivity contribution < 1.29 is 23.5 Å². The molecule has 0 aliphatic carbocycles. The third-order valence-electron chi connectivity index (χ3n) is 5.66. The van der Waals surface area contributed by atoms with Crippen LogP contribution in [0.1, 0.15) is 38.0 Å². The zero-order valence-corrected chi connectivity index (χ0v) is 19.8. The molecule has 0 saturated carbocycles. The van der Waals surface area contributed by atoms with E-state index in [9.17, 15) is 18.8 Å². The van der Waals surface area contributed by atoms with Gasteiger partial charge in [0.1, 0.15) is 11.6 Å². The van der Waals surface area contributed by atoms with E-state index in [-0.39, 0.29) is 40.1 Å². The highest BCUT2D eigenvalue weighted by atomic mass is 32.1. The summed E-state index contributed by atoms with van der Waals surface area (Å²) in [5, 5.41) is 13.5. The summed E-state index contributed by atoms with van der Waals surface area (Å²) in [6.45, 7) is 1.04. The largest absolute Gasteiger partial charge is 0.497 e. The van der Waals surface area contributed by atoms with Crippen molar-refractivity contribution in [1.29, 1.82) is 0 Å². The maximum absolute atomic E-state index is 13.3. The second-order valence-corrected chi connectivity index (χ2v) is 8.99. The Bertz CT molecular complexity index is 1210. The fourth-order valence-electron chi connectivity index (χ4n) is 3.72. The fourth-order valence-corrected chi connectivity index (χ4v) is 4.43. The lowest BCUT2D eigenvalue weighted by atomic mass is 9.95. The van der Waals surface area contributed by atoms with Crippen LogP contribution >= 0.6 is 11.3 Å². The molecule has 35 heavy (non-hydrogen) atoms. The van der Waals surface area contributed by atoms with Crippen LogP contribution in [0.4, 0.5) is 10.1 Å². The number of carbonyl (C=O) groups is 3. The lowest BCUT2D eigenvalue weighted by Gasteiger charge is -2.30. The summed E-state index contributed by atoms with van der Waals surface area (Å²) >= 11 is 0.924. The summed E-state index contributed by atoms with van der Waals surface area (Å²) < 4.78 is 18.4. The monoisotopic (exact) mass is 497 g/mol. The minimum atomic E-state index is -0.458. The van der Waals surface area contributed by atoms with E-state index in [0.29, 0.717) is 42.9 Å².